The molecule has 2 rings (SSSR count). The predicted molar refractivity (Wildman–Crippen MR) is 103 cm³/mol. The normalized spacial score (nSPS) is 10.1. The van der Waals surface area contributed by atoms with Gasteiger partial charge in [-0.3, -0.25) is 10.1 Å². The van der Waals surface area contributed by atoms with E-state index in [1.165, 1.54) is 29.2 Å². The molecule has 0 saturated heterocycles. The number of rotatable bonds is 8. The van der Waals surface area contributed by atoms with E-state index in [2.05, 4.69) is 5.32 Å². The number of benzene rings is 2. The Morgan fingerprint density at radius 2 is 1.62 bits per heavy atom. The number of hydrogen-bond acceptors (Lipinski definition) is 8. The van der Waals surface area contributed by atoms with Crippen LogP contribution in [0.2, 0.25) is 0 Å². The summed E-state index contributed by atoms with van der Waals surface area (Å²) in [7, 11) is 3.43. The van der Waals surface area contributed by atoms with Gasteiger partial charge < -0.3 is 24.4 Å². The van der Waals surface area contributed by atoms with Gasteiger partial charge in [-0.2, -0.15) is 0 Å². The van der Waals surface area contributed by atoms with E-state index in [0.29, 0.717) is 24.4 Å². The number of nitro benzene ring substituents is 1. The van der Waals surface area contributed by atoms with Gasteiger partial charge >= 0.3 is 12.2 Å². The van der Waals surface area contributed by atoms with Gasteiger partial charge in [0.15, 0.2) is 0 Å². The zero-order valence-corrected chi connectivity index (χ0v) is 16.0. The first-order chi connectivity index (χ1) is 13.9. The third kappa shape index (κ3) is 7.11. The summed E-state index contributed by atoms with van der Waals surface area (Å²) in [6.45, 7) is 1.11. The van der Waals surface area contributed by atoms with E-state index in [1.54, 1.807) is 38.4 Å². The largest absolute Gasteiger partial charge is 0.514 e. The van der Waals surface area contributed by atoms with Crippen LogP contribution in [0.5, 0.6) is 11.5 Å². The van der Waals surface area contributed by atoms with Gasteiger partial charge in [-0.1, -0.05) is 12.1 Å². The lowest BCUT2D eigenvalue weighted by Crippen LogP contribution is -2.34. The second kappa shape index (κ2) is 10.6. The standard InChI is InChI=1S/C19H21N3O7/c1-20-11-12-21(2)18(23)28-16-7-3-14(4-8-16)13-27-19(24)29-17-9-5-15(6-10-17)22(25)26/h3-10,20H,11-13H2,1-2H3. The van der Waals surface area contributed by atoms with Crippen LogP contribution in [0.4, 0.5) is 15.3 Å². The van der Waals surface area contributed by atoms with E-state index < -0.39 is 17.2 Å². The second-order valence-electron chi connectivity index (χ2n) is 5.93. The molecule has 0 aliphatic carbocycles. The molecule has 0 aliphatic rings. The molecule has 2 aromatic carbocycles. The first-order valence-corrected chi connectivity index (χ1v) is 8.64. The average Bonchev–Trinajstić information content (AvgIpc) is 2.71. The van der Waals surface area contributed by atoms with Crippen LogP contribution in [-0.2, 0) is 11.3 Å². The van der Waals surface area contributed by atoms with Crippen LogP contribution in [0.15, 0.2) is 48.5 Å². The molecule has 29 heavy (non-hydrogen) atoms. The smallest absolute Gasteiger partial charge is 0.429 e. The lowest BCUT2D eigenvalue weighted by Gasteiger charge is -2.16. The lowest BCUT2D eigenvalue weighted by molar-refractivity contribution is -0.384. The molecule has 10 heteroatoms. The molecule has 0 spiro atoms. The monoisotopic (exact) mass is 403 g/mol. The summed E-state index contributed by atoms with van der Waals surface area (Å²) in [4.78, 5) is 35.1. The predicted octanol–water partition coefficient (Wildman–Crippen LogP) is 2.96. The number of likely N-dealkylation sites (N-methyl/N-ethyl adjacent to an activating group) is 2. The van der Waals surface area contributed by atoms with Gasteiger partial charge in [0.05, 0.1) is 4.92 Å². The van der Waals surface area contributed by atoms with Crippen LogP contribution in [-0.4, -0.2) is 49.3 Å². The fourth-order valence-corrected chi connectivity index (χ4v) is 2.11. The van der Waals surface area contributed by atoms with Gasteiger partial charge in [0, 0.05) is 32.3 Å². The zero-order chi connectivity index (χ0) is 21.2. The molecule has 0 fully saturated rings. The molecule has 2 aromatic rings. The minimum atomic E-state index is -0.944. The van der Waals surface area contributed by atoms with Crippen LogP contribution in [0, 0.1) is 10.1 Å². The van der Waals surface area contributed by atoms with E-state index in [1.807, 2.05) is 0 Å². The Balaban J connectivity index is 1.79. The summed E-state index contributed by atoms with van der Waals surface area (Å²) < 4.78 is 15.2. The number of carbonyl (C=O) groups excluding carboxylic acids is 2. The van der Waals surface area contributed by atoms with Crippen LogP contribution < -0.4 is 14.8 Å². The van der Waals surface area contributed by atoms with Gasteiger partial charge in [-0.25, -0.2) is 9.59 Å². The first-order valence-electron chi connectivity index (χ1n) is 8.64. The number of nitrogens with zero attached hydrogens (tertiary/aromatic N) is 2. The molecule has 0 saturated carbocycles. The molecule has 0 atom stereocenters. The zero-order valence-electron chi connectivity index (χ0n) is 16.0. The number of nitrogens with one attached hydrogen (secondary N) is 1. The van der Waals surface area contributed by atoms with Crippen LogP contribution in [0.25, 0.3) is 0 Å². The third-order valence-electron chi connectivity index (χ3n) is 3.74. The number of ether oxygens (including phenoxy) is 3. The highest BCUT2D eigenvalue weighted by atomic mass is 16.7. The molecule has 1 amide bonds. The molecule has 154 valence electrons. The van der Waals surface area contributed by atoms with Gasteiger partial charge in [0.2, 0.25) is 0 Å². The summed E-state index contributed by atoms with van der Waals surface area (Å²) >= 11 is 0. The molecule has 0 heterocycles. The van der Waals surface area contributed by atoms with Crippen LogP contribution >= 0.6 is 0 Å². The Kier molecular flexibility index (Phi) is 7.92. The van der Waals surface area contributed by atoms with Gasteiger partial charge in [0.1, 0.15) is 18.1 Å². The maximum absolute atomic E-state index is 11.9. The lowest BCUT2D eigenvalue weighted by atomic mass is 10.2. The van der Waals surface area contributed by atoms with E-state index in [4.69, 9.17) is 14.2 Å². The van der Waals surface area contributed by atoms with Crippen molar-refractivity contribution >= 4 is 17.9 Å². The maximum Gasteiger partial charge on any atom is 0.514 e. The molecular weight excluding hydrogens is 382 g/mol. The van der Waals surface area contributed by atoms with Crippen molar-refractivity contribution in [3.8, 4) is 11.5 Å². The minimum absolute atomic E-state index is 0.0535. The SMILES string of the molecule is CNCCN(C)C(=O)Oc1ccc(COC(=O)Oc2ccc([N+](=O)[O-])cc2)cc1. The van der Waals surface area contributed by atoms with Crippen molar-refractivity contribution in [1.82, 2.24) is 10.2 Å². The molecule has 1 N–H and O–H groups in total. The highest BCUT2D eigenvalue weighted by Gasteiger charge is 2.12. The fourth-order valence-electron chi connectivity index (χ4n) is 2.11. The third-order valence-corrected chi connectivity index (χ3v) is 3.74. The van der Waals surface area contributed by atoms with Crippen molar-refractivity contribution < 1.29 is 28.7 Å². The average molecular weight is 403 g/mol. The van der Waals surface area contributed by atoms with Crippen molar-refractivity contribution in [2.75, 3.05) is 27.2 Å². The fraction of sp³-hybridized carbons (Fsp3) is 0.263. The molecule has 0 unspecified atom stereocenters. The Labute approximate surface area is 167 Å². The Morgan fingerprint density at radius 1 is 1.03 bits per heavy atom. The molecule has 10 nitrogen and oxygen atoms in total. The molecular formula is C19H21N3O7. The summed E-state index contributed by atoms with van der Waals surface area (Å²) in [6, 6.07) is 11.5. The van der Waals surface area contributed by atoms with Crippen molar-refractivity contribution in [2.24, 2.45) is 0 Å². The van der Waals surface area contributed by atoms with Crippen molar-refractivity contribution in [3.05, 3.63) is 64.2 Å². The number of carbonyl (C=O) groups is 2. The summed E-state index contributed by atoms with van der Waals surface area (Å²) in [6.07, 6.45) is -1.42. The van der Waals surface area contributed by atoms with E-state index >= 15 is 0 Å². The molecule has 0 radical (unpaired) electrons. The first kappa shape index (κ1) is 21.6. The molecule has 0 aliphatic heterocycles. The van der Waals surface area contributed by atoms with Crippen LogP contribution in [0.1, 0.15) is 5.56 Å². The number of nitro groups is 1. The van der Waals surface area contributed by atoms with E-state index in [-0.39, 0.29) is 18.0 Å². The van der Waals surface area contributed by atoms with Crippen molar-refractivity contribution in [3.63, 3.8) is 0 Å². The van der Waals surface area contributed by atoms with Crippen molar-refractivity contribution in [2.45, 2.75) is 6.61 Å². The highest BCUT2D eigenvalue weighted by molar-refractivity contribution is 5.70. The maximum atomic E-state index is 11.9. The summed E-state index contributed by atoms with van der Waals surface area (Å²) in [5.74, 6) is 0.494. The Hall–Kier alpha value is -3.66. The Bertz CT molecular complexity index is 838. The second-order valence-corrected chi connectivity index (χ2v) is 5.93. The summed E-state index contributed by atoms with van der Waals surface area (Å²) in [5, 5.41) is 13.5. The van der Waals surface area contributed by atoms with Crippen molar-refractivity contribution in [1.29, 1.82) is 0 Å². The van der Waals surface area contributed by atoms with Gasteiger partial charge in [-0.05, 0) is 36.9 Å². The van der Waals surface area contributed by atoms with Crippen LogP contribution in [0.3, 0.4) is 0 Å². The number of non-ortho nitro benzene ring substituents is 1. The molecule has 0 bridgehead atoms. The number of hydrogen-bond donors (Lipinski definition) is 1. The van der Waals surface area contributed by atoms with E-state index in [9.17, 15) is 19.7 Å². The minimum Gasteiger partial charge on any atom is -0.429 e. The van der Waals surface area contributed by atoms with Gasteiger partial charge in [0.25, 0.3) is 5.69 Å². The molecule has 0 aromatic heterocycles. The van der Waals surface area contributed by atoms with Gasteiger partial charge in [-0.15, -0.1) is 0 Å². The Morgan fingerprint density at radius 3 is 2.21 bits per heavy atom. The number of amides is 1. The summed E-state index contributed by atoms with van der Waals surface area (Å²) in [5.41, 5.74) is 0.550. The highest BCUT2D eigenvalue weighted by Crippen LogP contribution is 2.18. The van der Waals surface area contributed by atoms with E-state index in [0.717, 1.165) is 0 Å². The topological polar surface area (TPSA) is 120 Å². The quantitative estimate of drug-likeness (QED) is 0.309.